The number of ether oxygens (including phenoxy) is 1. The summed E-state index contributed by atoms with van der Waals surface area (Å²) in [4.78, 5) is 11.1. The van der Waals surface area contributed by atoms with Gasteiger partial charge in [-0.1, -0.05) is 13.8 Å². The predicted octanol–water partition coefficient (Wildman–Crippen LogP) is 1.79. The highest BCUT2D eigenvalue weighted by molar-refractivity contribution is 7.98. The summed E-state index contributed by atoms with van der Waals surface area (Å²) in [6.45, 7) is 4.08. The molecule has 11 heavy (non-hydrogen) atoms. The molecule has 0 aromatic carbocycles. The zero-order valence-corrected chi connectivity index (χ0v) is 8.40. The number of carbonyl (C=O) groups is 1. The largest absolute Gasteiger partial charge is 0.469 e. The second-order valence-corrected chi connectivity index (χ2v) is 3.74. The van der Waals surface area contributed by atoms with Gasteiger partial charge in [0, 0.05) is 5.75 Å². The normalized spacial score (nSPS) is 13.2. The number of hydrogen-bond donors (Lipinski definition) is 0. The first-order valence-electron chi connectivity index (χ1n) is 3.70. The fourth-order valence-corrected chi connectivity index (χ4v) is 1.74. The van der Waals surface area contributed by atoms with E-state index in [1.807, 2.05) is 20.1 Å². The molecule has 0 N–H and O–H groups in total. The molecule has 0 fully saturated rings. The monoisotopic (exact) mass is 176 g/mol. The molecule has 66 valence electrons. The summed E-state index contributed by atoms with van der Waals surface area (Å²) < 4.78 is 4.67. The lowest BCUT2D eigenvalue weighted by Gasteiger charge is -2.16. The Morgan fingerprint density at radius 3 is 2.36 bits per heavy atom. The van der Waals surface area contributed by atoms with Crippen molar-refractivity contribution in [3.63, 3.8) is 0 Å². The van der Waals surface area contributed by atoms with E-state index in [0.717, 1.165) is 5.75 Å². The van der Waals surface area contributed by atoms with Crippen molar-refractivity contribution in [2.45, 2.75) is 13.8 Å². The van der Waals surface area contributed by atoms with E-state index in [1.54, 1.807) is 11.8 Å². The van der Waals surface area contributed by atoms with Gasteiger partial charge in [-0.15, -0.1) is 0 Å². The van der Waals surface area contributed by atoms with Crippen LogP contribution in [-0.4, -0.2) is 25.1 Å². The van der Waals surface area contributed by atoms with Crippen LogP contribution < -0.4 is 0 Å². The third kappa shape index (κ3) is 3.65. The van der Waals surface area contributed by atoms with Gasteiger partial charge in [0.1, 0.15) is 0 Å². The molecule has 0 saturated heterocycles. The molecule has 0 aromatic rings. The van der Waals surface area contributed by atoms with Gasteiger partial charge in [0.25, 0.3) is 0 Å². The maximum absolute atomic E-state index is 11.1. The van der Waals surface area contributed by atoms with Crippen LogP contribution in [0.4, 0.5) is 0 Å². The Morgan fingerprint density at radius 2 is 2.09 bits per heavy atom. The Hall–Kier alpha value is -0.180. The van der Waals surface area contributed by atoms with Crippen LogP contribution in [-0.2, 0) is 9.53 Å². The molecular weight excluding hydrogens is 160 g/mol. The number of esters is 1. The molecule has 0 rings (SSSR count). The van der Waals surface area contributed by atoms with Crippen LogP contribution in [0.5, 0.6) is 0 Å². The molecule has 0 aromatic heterocycles. The van der Waals surface area contributed by atoms with Crippen LogP contribution in [0.15, 0.2) is 0 Å². The maximum atomic E-state index is 11.1. The zero-order valence-electron chi connectivity index (χ0n) is 7.59. The van der Waals surface area contributed by atoms with Gasteiger partial charge in [-0.05, 0) is 12.2 Å². The van der Waals surface area contributed by atoms with Crippen LogP contribution in [0.25, 0.3) is 0 Å². The van der Waals surface area contributed by atoms with Gasteiger partial charge in [0.2, 0.25) is 0 Å². The first-order chi connectivity index (χ1) is 5.13. The van der Waals surface area contributed by atoms with Gasteiger partial charge in [0.15, 0.2) is 0 Å². The lowest BCUT2D eigenvalue weighted by atomic mass is 9.98. The molecule has 0 heterocycles. The van der Waals surface area contributed by atoms with Gasteiger partial charge in [-0.2, -0.15) is 11.8 Å². The number of hydrogen-bond acceptors (Lipinski definition) is 3. The van der Waals surface area contributed by atoms with Crippen LogP contribution in [0.3, 0.4) is 0 Å². The van der Waals surface area contributed by atoms with E-state index in [1.165, 1.54) is 7.11 Å². The summed E-state index contributed by atoms with van der Waals surface area (Å²) in [5.41, 5.74) is 0. The topological polar surface area (TPSA) is 26.3 Å². The molecule has 0 aliphatic carbocycles. The third-order valence-corrected chi connectivity index (χ3v) is 2.35. The predicted molar refractivity (Wildman–Crippen MR) is 48.7 cm³/mol. The first-order valence-corrected chi connectivity index (χ1v) is 5.09. The minimum Gasteiger partial charge on any atom is -0.469 e. The molecule has 1 unspecified atom stereocenters. The van der Waals surface area contributed by atoms with Crippen LogP contribution in [0.1, 0.15) is 13.8 Å². The molecule has 2 nitrogen and oxygen atoms in total. The zero-order chi connectivity index (χ0) is 8.85. The van der Waals surface area contributed by atoms with Crippen molar-refractivity contribution < 1.29 is 9.53 Å². The standard InChI is InChI=1S/C8H16O2S/c1-6(2)7(5-11-4)8(9)10-3/h6-7H,5H2,1-4H3. The highest BCUT2D eigenvalue weighted by Gasteiger charge is 2.21. The van der Waals surface area contributed by atoms with Crippen molar-refractivity contribution in [3.05, 3.63) is 0 Å². The SMILES string of the molecule is COC(=O)C(CSC)C(C)C. The molecule has 0 amide bonds. The number of rotatable bonds is 4. The van der Waals surface area contributed by atoms with Gasteiger partial charge in [-0.3, -0.25) is 4.79 Å². The molecule has 3 heteroatoms. The van der Waals surface area contributed by atoms with Crippen molar-refractivity contribution >= 4 is 17.7 Å². The van der Waals surface area contributed by atoms with Crippen molar-refractivity contribution in [1.29, 1.82) is 0 Å². The fourth-order valence-electron chi connectivity index (χ4n) is 0.864. The summed E-state index contributed by atoms with van der Waals surface area (Å²) in [5.74, 6) is 1.18. The Kier molecular flexibility index (Phi) is 5.38. The second kappa shape index (κ2) is 5.47. The third-order valence-electron chi connectivity index (χ3n) is 1.65. The molecule has 0 aliphatic rings. The first kappa shape index (κ1) is 10.8. The maximum Gasteiger partial charge on any atom is 0.309 e. The molecule has 0 saturated carbocycles. The van der Waals surface area contributed by atoms with Crippen LogP contribution in [0.2, 0.25) is 0 Å². The Morgan fingerprint density at radius 1 is 1.55 bits per heavy atom. The highest BCUT2D eigenvalue weighted by atomic mass is 32.2. The van der Waals surface area contributed by atoms with Gasteiger partial charge in [0.05, 0.1) is 13.0 Å². The van der Waals surface area contributed by atoms with Crippen LogP contribution in [0, 0.1) is 11.8 Å². The second-order valence-electron chi connectivity index (χ2n) is 2.83. The number of thioether (sulfide) groups is 1. The summed E-state index contributed by atoms with van der Waals surface area (Å²) in [5, 5.41) is 0. The minimum atomic E-state index is -0.0886. The molecular formula is C8H16O2S. The summed E-state index contributed by atoms with van der Waals surface area (Å²) >= 11 is 1.68. The van der Waals surface area contributed by atoms with Gasteiger partial charge < -0.3 is 4.74 Å². The fraction of sp³-hybridized carbons (Fsp3) is 0.875. The van der Waals surface area contributed by atoms with E-state index < -0.39 is 0 Å². The summed E-state index contributed by atoms with van der Waals surface area (Å²) in [6.07, 6.45) is 2.00. The average molecular weight is 176 g/mol. The van der Waals surface area contributed by atoms with E-state index in [-0.39, 0.29) is 11.9 Å². The highest BCUT2D eigenvalue weighted by Crippen LogP contribution is 2.16. The molecule has 0 radical (unpaired) electrons. The van der Waals surface area contributed by atoms with E-state index in [0.29, 0.717) is 5.92 Å². The van der Waals surface area contributed by atoms with E-state index in [4.69, 9.17) is 0 Å². The lowest BCUT2D eigenvalue weighted by Crippen LogP contribution is -2.23. The van der Waals surface area contributed by atoms with E-state index >= 15 is 0 Å². The van der Waals surface area contributed by atoms with E-state index in [9.17, 15) is 4.79 Å². The Balaban J connectivity index is 3.98. The van der Waals surface area contributed by atoms with Crippen molar-refractivity contribution in [1.82, 2.24) is 0 Å². The smallest absolute Gasteiger partial charge is 0.309 e. The number of carbonyl (C=O) groups excluding carboxylic acids is 1. The quantitative estimate of drug-likeness (QED) is 0.611. The number of methoxy groups -OCH3 is 1. The Bertz CT molecular complexity index is 123. The van der Waals surface area contributed by atoms with Gasteiger partial charge in [-0.25, -0.2) is 0 Å². The van der Waals surface area contributed by atoms with Crippen molar-refractivity contribution in [3.8, 4) is 0 Å². The minimum absolute atomic E-state index is 0.0509. The van der Waals surface area contributed by atoms with Crippen LogP contribution >= 0.6 is 11.8 Å². The van der Waals surface area contributed by atoms with Gasteiger partial charge >= 0.3 is 5.97 Å². The summed E-state index contributed by atoms with van der Waals surface area (Å²) in [6, 6.07) is 0. The molecule has 1 atom stereocenters. The average Bonchev–Trinajstić information content (AvgIpc) is 1.98. The molecule has 0 aliphatic heterocycles. The van der Waals surface area contributed by atoms with E-state index in [2.05, 4.69) is 4.74 Å². The van der Waals surface area contributed by atoms with Crippen molar-refractivity contribution in [2.24, 2.45) is 11.8 Å². The molecule has 0 spiro atoms. The molecule has 0 bridgehead atoms. The summed E-state index contributed by atoms with van der Waals surface area (Å²) in [7, 11) is 1.44. The lowest BCUT2D eigenvalue weighted by molar-refractivity contribution is -0.146. The Labute approximate surface area is 72.7 Å². The van der Waals surface area contributed by atoms with Crippen molar-refractivity contribution in [2.75, 3.05) is 19.1 Å².